The summed E-state index contributed by atoms with van der Waals surface area (Å²) in [4.78, 5) is 11.7. The summed E-state index contributed by atoms with van der Waals surface area (Å²) in [6.07, 6.45) is 11.1. The molecule has 1 unspecified atom stereocenters. The average Bonchev–Trinajstić information content (AvgIpc) is 2.52. The summed E-state index contributed by atoms with van der Waals surface area (Å²) in [5.41, 5.74) is -0.0661. The summed E-state index contributed by atoms with van der Waals surface area (Å²) in [7, 11) is 0. The molecule has 1 atom stereocenters. The number of ether oxygens (including phenoxy) is 1. The van der Waals surface area contributed by atoms with Crippen LogP contribution in [-0.4, -0.2) is 18.7 Å². The molecule has 0 saturated carbocycles. The second-order valence-electron chi connectivity index (χ2n) is 5.69. The van der Waals surface area contributed by atoms with Gasteiger partial charge in [-0.05, 0) is 19.3 Å². The number of carbonyl (C=O) groups is 1. The van der Waals surface area contributed by atoms with Crippen LogP contribution in [0.1, 0.15) is 78.1 Å². The molecule has 0 saturated heterocycles. The number of carbonyl (C=O) groups excluding carboxylic acids is 1. The number of hydrogen-bond acceptors (Lipinski definition) is 3. The predicted octanol–water partition coefficient (Wildman–Crippen LogP) is 4.47. The molecule has 0 aliphatic carbocycles. The highest BCUT2D eigenvalue weighted by Gasteiger charge is 2.14. The molecule has 0 spiro atoms. The molecule has 1 N–H and O–H groups in total. The lowest BCUT2D eigenvalue weighted by Crippen LogP contribution is -2.37. The minimum absolute atomic E-state index is 0.0661. The lowest BCUT2D eigenvalue weighted by atomic mass is 10.1. The third-order valence-corrected chi connectivity index (χ3v) is 3.59. The highest BCUT2D eigenvalue weighted by molar-refractivity contribution is 5.96. The molecule has 0 aliphatic rings. The summed E-state index contributed by atoms with van der Waals surface area (Å²) >= 11 is 0. The van der Waals surface area contributed by atoms with E-state index >= 15 is 0 Å². The molecule has 0 heterocycles. The van der Waals surface area contributed by atoms with Crippen LogP contribution in [0.3, 0.4) is 0 Å². The van der Waals surface area contributed by atoms with Crippen LogP contribution in [0.5, 0.6) is 0 Å². The van der Waals surface area contributed by atoms with Crippen molar-refractivity contribution in [2.45, 2.75) is 84.3 Å². The molecular formula is C18H32N2O2. The van der Waals surface area contributed by atoms with Gasteiger partial charge in [0.2, 0.25) is 0 Å². The topological polar surface area (TPSA) is 62.1 Å². The molecule has 0 rings (SSSR count). The van der Waals surface area contributed by atoms with E-state index < -0.39 is 5.91 Å². The Bertz CT molecular complexity index is 347. The van der Waals surface area contributed by atoms with E-state index in [0.717, 1.165) is 32.1 Å². The van der Waals surface area contributed by atoms with Crippen molar-refractivity contribution < 1.29 is 9.53 Å². The summed E-state index contributed by atoms with van der Waals surface area (Å²) in [6.45, 7) is 8.39. The molecule has 22 heavy (non-hydrogen) atoms. The van der Waals surface area contributed by atoms with Crippen LogP contribution in [0.4, 0.5) is 0 Å². The molecule has 126 valence electrons. The number of nitrogens with zero attached hydrogens (tertiary/aromatic N) is 1. The number of nitrogens with one attached hydrogen (secondary N) is 1. The number of amides is 1. The van der Waals surface area contributed by atoms with E-state index in [1.807, 2.05) is 0 Å². The van der Waals surface area contributed by atoms with Crippen LogP contribution in [0.15, 0.2) is 12.2 Å². The van der Waals surface area contributed by atoms with Crippen molar-refractivity contribution in [3.63, 3.8) is 0 Å². The molecule has 0 radical (unpaired) electrons. The van der Waals surface area contributed by atoms with Crippen LogP contribution in [-0.2, 0) is 9.53 Å². The second kappa shape index (κ2) is 14.6. The van der Waals surface area contributed by atoms with Gasteiger partial charge in [0.1, 0.15) is 17.9 Å². The Kier molecular flexibility index (Phi) is 13.7. The first-order valence-corrected chi connectivity index (χ1v) is 8.67. The molecule has 0 aromatic heterocycles. The zero-order valence-electron chi connectivity index (χ0n) is 14.3. The highest BCUT2D eigenvalue weighted by Crippen LogP contribution is 2.11. The van der Waals surface area contributed by atoms with E-state index in [9.17, 15) is 4.79 Å². The Hall–Kier alpha value is -1.34. The van der Waals surface area contributed by atoms with Gasteiger partial charge in [-0.25, -0.2) is 0 Å². The fraction of sp³-hybridized carbons (Fsp3) is 0.778. The maximum Gasteiger partial charge on any atom is 0.263 e. The van der Waals surface area contributed by atoms with Gasteiger partial charge in [0.15, 0.2) is 0 Å². The van der Waals surface area contributed by atoms with Crippen molar-refractivity contribution in [2.24, 2.45) is 0 Å². The number of nitriles is 1. The predicted molar refractivity (Wildman–Crippen MR) is 90.2 cm³/mol. The number of rotatable bonds is 14. The molecular weight excluding hydrogens is 276 g/mol. The number of unbranched alkanes of at least 4 members (excludes halogenated alkanes) is 7. The molecule has 1 amide bonds. The summed E-state index contributed by atoms with van der Waals surface area (Å²) < 4.78 is 5.71. The van der Waals surface area contributed by atoms with Crippen molar-refractivity contribution in [3.05, 3.63) is 12.2 Å². The summed E-state index contributed by atoms with van der Waals surface area (Å²) in [5, 5.41) is 11.5. The van der Waals surface area contributed by atoms with E-state index in [0.29, 0.717) is 6.61 Å². The van der Waals surface area contributed by atoms with Gasteiger partial charge in [0.05, 0.1) is 0 Å². The Balaban J connectivity index is 4.00. The minimum Gasteiger partial charge on any atom is -0.359 e. The first-order valence-electron chi connectivity index (χ1n) is 8.67. The maximum absolute atomic E-state index is 11.7. The zero-order chi connectivity index (χ0) is 16.6. The molecule has 0 aliphatic heterocycles. The summed E-state index contributed by atoms with van der Waals surface area (Å²) in [5.74, 6) is -0.424. The Morgan fingerprint density at radius 3 is 2.27 bits per heavy atom. The molecule has 0 bridgehead atoms. The van der Waals surface area contributed by atoms with Gasteiger partial charge >= 0.3 is 0 Å². The van der Waals surface area contributed by atoms with Gasteiger partial charge in [-0.3, -0.25) is 4.79 Å². The minimum atomic E-state index is -0.424. The summed E-state index contributed by atoms with van der Waals surface area (Å²) in [6, 6.07) is 1.77. The average molecular weight is 308 g/mol. The van der Waals surface area contributed by atoms with Gasteiger partial charge in [0, 0.05) is 6.61 Å². The van der Waals surface area contributed by atoms with Crippen molar-refractivity contribution in [3.8, 4) is 6.07 Å². The fourth-order valence-electron chi connectivity index (χ4n) is 2.14. The molecule has 0 aromatic rings. The van der Waals surface area contributed by atoms with Gasteiger partial charge in [-0.1, -0.05) is 65.4 Å². The van der Waals surface area contributed by atoms with Gasteiger partial charge in [-0.15, -0.1) is 0 Å². The van der Waals surface area contributed by atoms with Gasteiger partial charge < -0.3 is 10.1 Å². The van der Waals surface area contributed by atoms with Crippen LogP contribution < -0.4 is 5.32 Å². The van der Waals surface area contributed by atoms with Crippen molar-refractivity contribution in [2.75, 3.05) is 6.61 Å². The quantitative estimate of drug-likeness (QED) is 0.223. The molecule has 0 aromatic carbocycles. The standard InChI is InChI=1S/C18H32N2O2/c1-4-6-8-9-10-11-12-13-17(22-14-7-5-2)20-18(21)16(3)15-19/h17H,3-14H2,1-2H3,(H,20,21). The Morgan fingerprint density at radius 1 is 1.09 bits per heavy atom. The number of hydrogen-bond donors (Lipinski definition) is 1. The van der Waals surface area contributed by atoms with Crippen molar-refractivity contribution >= 4 is 5.91 Å². The Morgan fingerprint density at radius 2 is 1.68 bits per heavy atom. The zero-order valence-corrected chi connectivity index (χ0v) is 14.3. The molecule has 4 nitrogen and oxygen atoms in total. The van der Waals surface area contributed by atoms with E-state index in [2.05, 4.69) is 25.7 Å². The van der Waals surface area contributed by atoms with Crippen LogP contribution >= 0.6 is 0 Å². The Labute approximate surface area is 135 Å². The van der Waals surface area contributed by atoms with Crippen LogP contribution in [0.25, 0.3) is 0 Å². The second-order valence-corrected chi connectivity index (χ2v) is 5.69. The van der Waals surface area contributed by atoms with Crippen molar-refractivity contribution in [1.82, 2.24) is 5.32 Å². The van der Waals surface area contributed by atoms with Crippen LogP contribution in [0, 0.1) is 11.3 Å². The monoisotopic (exact) mass is 308 g/mol. The van der Waals surface area contributed by atoms with E-state index in [1.165, 1.54) is 32.1 Å². The third-order valence-electron chi connectivity index (χ3n) is 3.59. The fourth-order valence-corrected chi connectivity index (χ4v) is 2.14. The van der Waals surface area contributed by atoms with E-state index in [4.69, 9.17) is 10.00 Å². The van der Waals surface area contributed by atoms with Crippen LogP contribution in [0.2, 0.25) is 0 Å². The largest absolute Gasteiger partial charge is 0.359 e. The molecule has 0 fully saturated rings. The van der Waals surface area contributed by atoms with Crippen molar-refractivity contribution in [1.29, 1.82) is 5.26 Å². The first-order chi connectivity index (χ1) is 10.7. The SMILES string of the molecule is C=C(C#N)C(=O)NC(CCCCCCCCC)OCCCC. The normalized spacial score (nSPS) is 11.7. The first kappa shape index (κ1) is 20.7. The van der Waals surface area contributed by atoms with E-state index in [-0.39, 0.29) is 11.8 Å². The maximum atomic E-state index is 11.7. The van der Waals surface area contributed by atoms with Gasteiger partial charge in [0.25, 0.3) is 5.91 Å². The highest BCUT2D eigenvalue weighted by atomic mass is 16.5. The third kappa shape index (κ3) is 11.3. The smallest absolute Gasteiger partial charge is 0.263 e. The van der Waals surface area contributed by atoms with Gasteiger partial charge in [-0.2, -0.15) is 5.26 Å². The lowest BCUT2D eigenvalue weighted by Gasteiger charge is -2.19. The van der Waals surface area contributed by atoms with E-state index in [1.54, 1.807) is 6.07 Å². The lowest BCUT2D eigenvalue weighted by molar-refractivity contribution is -0.121. The molecule has 4 heteroatoms.